The molecule has 3 nitrogen and oxygen atoms in total. The third-order valence-electron chi connectivity index (χ3n) is 2.81. The second-order valence-corrected chi connectivity index (χ2v) is 4.06. The van der Waals surface area contributed by atoms with Crippen LogP contribution < -0.4 is 10.5 Å². The Hall–Kier alpha value is -2.47. The van der Waals surface area contributed by atoms with Crippen LogP contribution in [0.4, 0.5) is 5.69 Å². The molecule has 0 heterocycles. The van der Waals surface area contributed by atoms with Gasteiger partial charge in [0.1, 0.15) is 11.8 Å². The zero-order valence-corrected chi connectivity index (χ0v) is 10.2. The minimum Gasteiger partial charge on any atom is -0.497 e. The van der Waals surface area contributed by atoms with Crippen molar-refractivity contribution in [2.24, 2.45) is 0 Å². The summed E-state index contributed by atoms with van der Waals surface area (Å²) in [7, 11) is 1.65. The SMILES string of the molecule is COc1ccc(Cc2ccc(N)c(C#N)c2)cc1. The highest BCUT2D eigenvalue weighted by molar-refractivity contribution is 5.55. The molecule has 0 aliphatic rings. The summed E-state index contributed by atoms with van der Waals surface area (Å²) in [5, 5.41) is 8.93. The first kappa shape index (κ1) is 12.0. The van der Waals surface area contributed by atoms with Gasteiger partial charge in [0.25, 0.3) is 0 Å². The molecule has 0 bridgehead atoms. The van der Waals surface area contributed by atoms with Crippen molar-refractivity contribution < 1.29 is 4.74 Å². The molecular weight excluding hydrogens is 224 g/mol. The van der Waals surface area contributed by atoms with Crippen LogP contribution in [0.15, 0.2) is 42.5 Å². The van der Waals surface area contributed by atoms with Gasteiger partial charge in [-0.25, -0.2) is 0 Å². The molecule has 2 aromatic carbocycles. The largest absolute Gasteiger partial charge is 0.497 e. The van der Waals surface area contributed by atoms with E-state index >= 15 is 0 Å². The summed E-state index contributed by atoms with van der Waals surface area (Å²) in [4.78, 5) is 0. The van der Waals surface area contributed by atoms with Crippen LogP contribution in [-0.2, 0) is 6.42 Å². The normalized spacial score (nSPS) is 9.78. The highest BCUT2D eigenvalue weighted by Gasteiger charge is 2.02. The van der Waals surface area contributed by atoms with E-state index in [2.05, 4.69) is 6.07 Å². The third-order valence-corrected chi connectivity index (χ3v) is 2.81. The van der Waals surface area contributed by atoms with Gasteiger partial charge in [-0.3, -0.25) is 0 Å². The molecule has 18 heavy (non-hydrogen) atoms. The molecule has 3 heteroatoms. The predicted molar refractivity (Wildman–Crippen MR) is 71.4 cm³/mol. The number of hydrogen-bond acceptors (Lipinski definition) is 3. The maximum atomic E-state index is 8.93. The first-order valence-electron chi connectivity index (χ1n) is 5.64. The number of hydrogen-bond donors (Lipinski definition) is 1. The molecule has 0 saturated carbocycles. The van der Waals surface area contributed by atoms with Crippen LogP contribution >= 0.6 is 0 Å². The van der Waals surface area contributed by atoms with E-state index in [1.165, 1.54) is 5.56 Å². The van der Waals surface area contributed by atoms with Gasteiger partial charge in [0.15, 0.2) is 0 Å². The minimum atomic E-state index is 0.524. The number of methoxy groups -OCH3 is 1. The number of nitrogen functional groups attached to an aromatic ring is 1. The number of nitrogens with two attached hydrogens (primary N) is 1. The second-order valence-electron chi connectivity index (χ2n) is 4.06. The highest BCUT2D eigenvalue weighted by Crippen LogP contribution is 2.18. The molecule has 0 aliphatic heterocycles. The Kier molecular flexibility index (Phi) is 3.49. The summed E-state index contributed by atoms with van der Waals surface area (Å²) in [6, 6.07) is 15.5. The summed E-state index contributed by atoms with van der Waals surface area (Å²) < 4.78 is 5.11. The van der Waals surface area contributed by atoms with Gasteiger partial charge < -0.3 is 10.5 Å². The lowest BCUT2D eigenvalue weighted by Crippen LogP contribution is -1.94. The smallest absolute Gasteiger partial charge is 0.118 e. The van der Waals surface area contributed by atoms with Crippen molar-refractivity contribution >= 4 is 5.69 Å². The molecule has 0 amide bonds. The maximum Gasteiger partial charge on any atom is 0.118 e. The first-order valence-corrected chi connectivity index (χ1v) is 5.64. The fourth-order valence-corrected chi connectivity index (χ4v) is 1.79. The van der Waals surface area contributed by atoms with Crippen molar-refractivity contribution in [1.82, 2.24) is 0 Å². The Labute approximate surface area is 106 Å². The number of benzene rings is 2. The van der Waals surface area contributed by atoms with Crippen molar-refractivity contribution in [3.63, 3.8) is 0 Å². The molecule has 2 aromatic rings. The second kappa shape index (κ2) is 5.24. The first-order chi connectivity index (χ1) is 8.72. The summed E-state index contributed by atoms with van der Waals surface area (Å²) in [5.74, 6) is 0.841. The van der Waals surface area contributed by atoms with E-state index in [-0.39, 0.29) is 0 Å². The number of nitriles is 1. The molecular formula is C15H14N2O. The number of nitrogens with zero attached hydrogens (tertiary/aromatic N) is 1. The molecule has 0 atom stereocenters. The molecule has 90 valence electrons. The van der Waals surface area contributed by atoms with Gasteiger partial charge in [-0.15, -0.1) is 0 Å². The Morgan fingerprint density at radius 1 is 1.11 bits per heavy atom. The Morgan fingerprint density at radius 3 is 2.39 bits per heavy atom. The van der Waals surface area contributed by atoms with Crippen molar-refractivity contribution in [2.75, 3.05) is 12.8 Å². The van der Waals surface area contributed by atoms with Crippen molar-refractivity contribution in [2.45, 2.75) is 6.42 Å². The molecule has 0 saturated heterocycles. The van der Waals surface area contributed by atoms with E-state index in [9.17, 15) is 0 Å². The Bertz CT molecular complexity index is 582. The summed E-state index contributed by atoms with van der Waals surface area (Å²) in [6.07, 6.45) is 0.777. The highest BCUT2D eigenvalue weighted by atomic mass is 16.5. The summed E-state index contributed by atoms with van der Waals surface area (Å²) in [6.45, 7) is 0. The van der Waals surface area contributed by atoms with Crippen molar-refractivity contribution in [3.8, 4) is 11.8 Å². The number of ether oxygens (including phenoxy) is 1. The lowest BCUT2D eigenvalue weighted by molar-refractivity contribution is 0.414. The predicted octanol–water partition coefficient (Wildman–Crippen LogP) is 2.74. The molecule has 0 radical (unpaired) electrons. The zero-order chi connectivity index (χ0) is 13.0. The summed E-state index contributed by atoms with van der Waals surface area (Å²) >= 11 is 0. The Morgan fingerprint density at radius 2 is 1.78 bits per heavy atom. The molecule has 2 N–H and O–H groups in total. The molecule has 0 fully saturated rings. The molecule has 0 spiro atoms. The molecule has 0 aromatic heterocycles. The third kappa shape index (κ3) is 2.61. The standard InChI is InChI=1S/C15H14N2O/c1-18-14-5-2-11(3-6-14)8-12-4-7-15(17)13(9-12)10-16/h2-7,9H,8,17H2,1H3. The van der Waals surface area contributed by atoms with Crippen molar-refractivity contribution in [3.05, 3.63) is 59.2 Å². The lowest BCUT2D eigenvalue weighted by atomic mass is 10.0. The topological polar surface area (TPSA) is 59.0 Å². The van der Waals surface area contributed by atoms with Crippen LogP contribution in [0.25, 0.3) is 0 Å². The van der Waals surface area contributed by atoms with Gasteiger partial charge >= 0.3 is 0 Å². The van der Waals surface area contributed by atoms with Crippen LogP contribution in [0.1, 0.15) is 16.7 Å². The van der Waals surface area contributed by atoms with Crippen LogP contribution in [-0.4, -0.2) is 7.11 Å². The molecule has 2 rings (SSSR count). The van der Waals surface area contributed by atoms with Crippen LogP contribution in [0.3, 0.4) is 0 Å². The van der Waals surface area contributed by atoms with E-state index in [1.54, 1.807) is 13.2 Å². The van der Waals surface area contributed by atoms with Gasteiger partial charge in [0.2, 0.25) is 0 Å². The van der Waals surface area contributed by atoms with E-state index in [0.29, 0.717) is 11.3 Å². The van der Waals surface area contributed by atoms with E-state index < -0.39 is 0 Å². The number of anilines is 1. The minimum absolute atomic E-state index is 0.524. The summed E-state index contributed by atoms with van der Waals surface area (Å²) in [5.41, 5.74) is 8.99. The Balaban J connectivity index is 2.20. The van der Waals surface area contributed by atoms with Gasteiger partial charge in [-0.05, 0) is 41.8 Å². The molecule has 0 unspecified atom stereocenters. The van der Waals surface area contributed by atoms with Crippen LogP contribution in [0, 0.1) is 11.3 Å². The van der Waals surface area contributed by atoms with E-state index in [0.717, 1.165) is 17.7 Å². The van der Waals surface area contributed by atoms with Crippen LogP contribution in [0.2, 0.25) is 0 Å². The van der Waals surface area contributed by atoms with E-state index in [4.69, 9.17) is 15.7 Å². The van der Waals surface area contributed by atoms with Crippen LogP contribution in [0.5, 0.6) is 5.75 Å². The lowest BCUT2D eigenvalue weighted by Gasteiger charge is -2.05. The average Bonchev–Trinajstić information content (AvgIpc) is 2.42. The van der Waals surface area contributed by atoms with E-state index in [1.807, 2.05) is 36.4 Å². The monoisotopic (exact) mass is 238 g/mol. The van der Waals surface area contributed by atoms with Crippen molar-refractivity contribution in [1.29, 1.82) is 5.26 Å². The zero-order valence-electron chi connectivity index (χ0n) is 10.2. The van der Waals surface area contributed by atoms with Gasteiger partial charge in [0.05, 0.1) is 12.7 Å². The van der Waals surface area contributed by atoms with Gasteiger partial charge in [-0.2, -0.15) is 5.26 Å². The fraction of sp³-hybridized carbons (Fsp3) is 0.133. The fourth-order valence-electron chi connectivity index (χ4n) is 1.79. The number of rotatable bonds is 3. The molecule has 0 aliphatic carbocycles. The quantitative estimate of drug-likeness (QED) is 0.836. The van der Waals surface area contributed by atoms with Gasteiger partial charge in [-0.1, -0.05) is 18.2 Å². The van der Waals surface area contributed by atoms with Gasteiger partial charge in [0, 0.05) is 5.69 Å². The maximum absolute atomic E-state index is 8.93. The average molecular weight is 238 g/mol.